The average molecular weight is 489 g/mol. The lowest BCUT2D eigenvalue weighted by Gasteiger charge is -2.11. The topological polar surface area (TPSA) is 72.0 Å². The summed E-state index contributed by atoms with van der Waals surface area (Å²) in [5.41, 5.74) is 0.810. The Labute approximate surface area is 167 Å². The Balaban J connectivity index is 0.00000625. The van der Waals surface area contributed by atoms with Crippen molar-refractivity contribution in [3.8, 4) is 5.75 Å². The Kier molecular flexibility index (Phi) is 11.8. The van der Waals surface area contributed by atoms with E-state index < -0.39 is 12.8 Å². The lowest BCUT2D eigenvalue weighted by Crippen LogP contribution is -2.38. The molecule has 0 saturated carbocycles. The molecule has 1 rings (SSSR count). The summed E-state index contributed by atoms with van der Waals surface area (Å²) in [7, 11) is 1.32. The minimum absolute atomic E-state index is 0. The van der Waals surface area contributed by atoms with Crippen LogP contribution in [0.3, 0.4) is 0 Å². The number of nitrogens with one attached hydrogen (secondary N) is 2. The van der Waals surface area contributed by atoms with E-state index in [9.17, 15) is 18.0 Å². The van der Waals surface area contributed by atoms with Gasteiger partial charge in [0.2, 0.25) is 0 Å². The molecule has 0 aliphatic heterocycles. The van der Waals surface area contributed by atoms with Crippen LogP contribution in [-0.2, 0) is 16.1 Å². The molecule has 0 saturated heterocycles. The number of halogens is 4. The second-order valence-corrected chi connectivity index (χ2v) is 5.00. The zero-order valence-corrected chi connectivity index (χ0v) is 16.9. The Morgan fingerprint density at radius 1 is 1.19 bits per heavy atom. The van der Waals surface area contributed by atoms with Gasteiger partial charge in [0.1, 0.15) is 5.75 Å². The maximum atomic E-state index is 12.1. The molecule has 148 valence electrons. The summed E-state index contributed by atoms with van der Waals surface area (Å²) >= 11 is 0. The highest BCUT2D eigenvalue weighted by molar-refractivity contribution is 14.0. The third-order valence-corrected chi connectivity index (χ3v) is 2.94. The lowest BCUT2D eigenvalue weighted by atomic mass is 10.2. The van der Waals surface area contributed by atoms with Crippen LogP contribution in [0.5, 0.6) is 5.75 Å². The summed E-state index contributed by atoms with van der Waals surface area (Å²) in [6.07, 6.45) is -4.15. The molecule has 1 aromatic rings. The molecule has 6 nitrogen and oxygen atoms in total. The van der Waals surface area contributed by atoms with Crippen LogP contribution in [0.1, 0.15) is 18.9 Å². The molecule has 0 heterocycles. The van der Waals surface area contributed by atoms with Crippen LogP contribution in [-0.4, -0.2) is 44.9 Å². The fraction of sp³-hybridized carbons (Fsp3) is 0.500. The molecule has 0 spiro atoms. The first-order valence-corrected chi connectivity index (χ1v) is 7.71. The summed E-state index contributed by atoms with van der Waals surface area (Å²) in [6.45, 7) is 1.94. The first kappa shape index (κ1) is 24.3. The first-order chi connectivity index (χ1) is 11.8. The van der Waals surface area contributed by atoms with Gasteiger partial charge in [0.15, 0.2) is 12.6 Å². The van der Waals surface area contributed by atoms with Crippen molar-refractivity contribution in [3.05, 3.63) is 29.8 Å². The summed E-state index contributed by atoms with van der Waals surface area (Å²) in [4.78, 5) is 15.4. The fourth-order valence-electron chi connectivity index (χ4n) is 1.75. The minimum Gasteiger partial charge on any atom is -0.484 e. The number of nitrogens with zero attached hydrogens (tertiary/aromatic N) is 1. The van der Waals surface area contributed by atoms with E-state index in [1.54, 1.807) is 12.1 Å². The number of alkyl halides is 3. The second-order valence-electron chi connectivity index (χ2n) is 5.00. The number of hydrogen-bond acceptors (Lipinski definition) is 4. The molecule has 0 aromatic heterocycles. The van der Waals surface area contributed by atoms with Gasteiger partial charge in [0.05, 0.1) is 20.1 Å². The van der Waals surface area contributed by atoms with Crippen molar-refractivity contribution >= 4 is 35.9 Å². The SMILES string of the molecule is CCNC(=NCc1ccc(OCC(F)(F)F)cc1)NCCC(=O)OC.I. The molecule has 1 aromatic carbocycles. The normalized spacial score (nSPS) is 11.3. The minimum atomic E-state index is -4.36. The highest BCUT2D eigenvalue weighted by atomic mass is 127. The molecule has 0 aliphatic rings. The van der Waals surface area contributed by atoms with Gasteiger partial charge in [-0.1, -0.05) is 12.1 Å². The number of hydrogen-bond donors (Lipinski definition) is 2. The lowest BCUT2D eigenvalue weighted by molar-refractivity contribution is -0.153. The molecular weight excluding hydrogens is 466 g/mol. The highest BCUT2D eigenvalue weighted by Crippen LogP contribution is 2.19. The predicted octanol–water partition coefficient (Wildman–Crippen LogP) is 2.86. The van der Waals surface area contributed by atoms with Gasteiger partial charge in [-0.3, -0.25) is 4.79 Å². The number of rotatable bonds is 8. The number of ether oxygens (including phenoxy) is 2. The van der Waals surface area contributed by atoms with Gasteiger partial charge in [0, 0.05) is 13.1 Å². The van der Waals surface area contributed by atoms with Crippen molar-refractivity contribution in [2.75, 3.05) is 26.8 Å². The molecule has 0 fully saturated rings. The first-order valence-electron chi connectivity index (χ1n) is 7.71. The molecule has 26 heavy (non-hydrogen) atoms. The van der Waals surface area contributed by atoms with E-state index in [4.69, 9.17) is 0 Å². The van der Waals surface area contributed by atoms with E-state index in [0.717, 1.165) is 5.56 Å². The van der Waals surface area contributed by atoms with Gasteiger partial charge in [-0.05, 0) is 24.6 Å². The van der Waals surface area contributed by atoms with Gasteiger partial charge in [-0.15, -0.1) is 24.0 Å². The number of carbonyl (C=O) groups excluding carboxylic acids is 1. The average Bonchev–Trinajstić information content (AvgIpc) is 2.58. The number of guanidine groups is 1. The Bertz CT molecular complexity index is 566. The third kappa shape index (κ3) is 11.0. The quantitative estimate of drug-likeness (QED) is 0.255. The van der Waals surface area contributed by atoms with Gasteiger partial charge in [-0.2, -0.15) is 13.2 Å². The molecule has 0 bridgehead atoms. The zero-order valence-electron chi connectivity index (χ0n) is 14.6. The largest absolute Gasteiger partial charge is 0.484 e. The van der Waals surface area contributed by atoms with Crippen LogP contribution in [0, 0.1) is 0 Å². The van der Waals surface area contributed by atoms with Crippen LogP contribution < -0.4 is 15.4 Å². The Morgan fingerprint density at radius 3 is 2.38 bits per heavy atom. The van der Waals surface area contributed by atoms with Gasteiger partial charge < -0.3 is 20.1 Å². The summed E-state index contributed by atoms with van der Waals surface area (Å²) in [5.74, 6) is 0.356. The number of aliphatic imine (C=N–C) groups is 1. The molecule has 0 atom stereocenters. The maximum Gasteiger partial charge on any atom is 0.422 e. The van der Waals surface area contributed by atoms with E-state index in [1.165, 1.54) is 19.2 Å². The van der Waals surface area contributed by atoms with E-state index in [1.807, 2.05) is 6.92 Å². The summed E-state index contributed by atoms with van der Waals surface area (Å²) in [5, 5.41) is 6.02. The molecule has 0 aliphatic carbocycles. The van der Waals surface area contributed by atoms with Gasteiger partial charge >= 0.3 is 12.1 Å². The van der Waals surface area contributed by atoms with Crippen molar-refractivity contribution in [3.63, 3.8) is 0 Å². The van der Waals surface area contributed by atoms with Crippen molar-refractivity contribution in [1.82, 2.24) is 10.6 Å². The third-order valence-electron chi connectivity index (χ3n) is 2.94. The number of methoxy groups -OCH3 is 1. The summed E-state index contributed by atoms with van der Waals surface area (Å²) in [6, 6.07) is 6.23. The molecule has 10 heteroatoms. The predicted molar refractivity (Wildman–Crippen MR) is 103 cm³/mol. The van der Waals surface area contributed by atoms with Crippen molar-refractivity contribution < 1.29 is 27.4 Å². The van der Waals surface area contributed by atoms with E-state index in [-0.39, 0.29) is 42.1 Å². The number of carbonyl (C=O) groups is 1. The molecular formula is C16H23F3IN3O3. The van der Waals surface area contributed by atoms with Gasteiger partial charge in [-0.25, -0.2) is 4.99 Å². The maximum absolute atomic E-state index is 12.1. The molecule has 2 N–H and O–H groups in total. The van der Waals surface area contributed by atoms with Crippen molar-refractivity contribution in [1.29, 1.82) is 0 Å². The van der Waals surface area contributed by atoms with Crippen LogP contribution in [0.15, 0.2) is 29.3 Å². The smallest absolute Gasteiger partial charge is 0.422 e. The van der Waals surface area contributed by atoms with E-state index in [0.29, 0.717) is 25.6 Å². The molecule has 0 amide bonds. The fourth-order valence-corrected chi connectivity index (χ4v) is 1.75. The monoisotopic (exact) mass is 489 g/mol. The Hall–Kier alpha value is -1.72. The Morgan fingerprint density at radius 2 is 1.85 bits per heavy atom. The van der Waals surface area contributed by atoms with Crippen molar-refractivity contribution in [2.45, 2.75) is 26.1 Å². The zero-order chi connectivity index (χ0) is 18.7. The second kappa shape index (κ2) is 12.6. The summed E-state index contributed by atoms with van der Waals surface area (Å²) < 4.78 is 45.5. The van der Waals surface area contributed by atoms with E-state index >= 15 is 0 Å². The van der Waals surface area contributed by atoms with Crippen molar-refractivity contribution in [2.24, 2.45) is 4.99 Å². The number of esters is 1. The van der Waals surface area contributed by atoms with Crippen LogP contribution in [0.2, 0.25) is 0 Å². The molecule has 0 radical (unpaired) electrons. The van der Waals surface area contributed by atoms with Crippen LogP contribution in [0.4, 0.5) is 13.2 Å². The standard InChI is InChI=1S/C16H22F3N3O3.HI/c1-3-20-15(21-9-8-14(23)24-2)22-10-12-4-6-13(7-5-12)25-11-16(17,18)19;/h4-7H,3,8-11H2,1-2H3,(H2,20,21,22);1H. The number of benzene rings is 1. The highest BCUT2D eigenvalue weighted by Gasteiger charge is 2.28. The molecule has 0 unspecified atom stereocenters. The van der Waals surface area contributed by atoms with Crippen LogP contribution in [0.25, 0.3) is 0 Å². The van der Waals surface area contributed by atoms with E-state index in [2.05, 4.69) is 25.1 Å². The van der Waals surface area contributed by atoms with Gasteiger partial charge in [0.25, 0.3) is 0 Å². The van der Waals surface area contributed by atoms with Crippen LogP contribution >= 0.6 is 24.0 Å².